The van der Waals surface area contributed by atoms with Crippen LogP contribution in [0.5, 0.6) is 0 Å². The van der Waals surface area contributed by atoms with Gasteiger partial charge in [-0.3, -0.25) is 4.79 Å². The van der Waals surface area contributed by atoms with Gasteiger partial charge in [0.05, 0.1) is 10.6 Å². The molecule has 0 radical (unpaired) electrons. The van der Waals surface area contributed by atoms with E-state index in [1.54, 1.807) is 17.5 Å². The van der Waals surface area contributed by atoms with Crippen LogP contribution in [0.1, 0.15) is 31.2 Å². The summed E-state index contributed by atoms with van der Waals surface area (Å²) < 4.78 is 0. The van der Waals surface area contributed by atoms with Gasteiger partial charge in [0.25, 0.3) is 0 Å². The Labute approximate surface area is 179 Å². The normalized spacial score (nSPS) is 16.4. The molecule has 0 aliphatic carbocycles. The highest BCUT2D eigenvalue weighted by Crippen LogP contribution is 2.33. The molecule has 1 aliphatic heterocycles. The van der Waals surface area contributed by atoms with E-state index in [1.807, 2.05) is 43.5 Å². The monoisotopic (exact) mass is 423 g/mol. The predicted molar refractivity (Wildman–Crippen MR) is 119 cm³/mol. The Balaban J connectivity index is 1.45. The summed E-state index contributed by atoms with van der Waals surface area (Å²) in [4.78, 5) is 27.9. The molecule has 1 fully saturated rings. The molecule has 1 saturated heterocycles. The Morgan fingerprint density at radius 3 is 3.03 bits per heavy atom. The van der Waals surface area contributed by atoms with Crippen LogP contribution < -0.4 is 10.2 Å². The number of carboxylic acid groups (broad SMARTS) is 1. The smallest absolute Gasteiger partial charge is 0.303 e. The SMILES string of the molecule is Cc1ccnc(Nc2cccc(-c3cnc(N4CCCC(CCC(=O)O)C4)s3)n2)c1. The van der Waals surface area contributed by atoms with E-state index in [0.717, 1.165) is 65.3 Å². The molecular weight excluding hydrogens is 398 g/mol. The zero-order valence-electron chi connectivity index (χ0n) is 16.9. The van der Waals surface area contributed by atoms with Crippen LogP contribution in [0.15, 0.2) is 42.7 Å². The topological polar surface area (TPSA) is 91.2 Å². The third-order valence-corrected chi connectivity index (χ3v) is 6.30. The van der Waals surface area contributed by atoms with Gasteiger partial charge in [-0.2, -0.15) is 0 Å². The fraction of sp³-hybridized carbons (Fsp3) is 0.364. The first-order valence-corrected chi connectivity index (χ1v) is 11.0. The minimum absolute atomic E-state index is 0.237. The van der Waals surface area contributed by atoms with E-state index >= 15 is 0 Å². The van der Waals surface area contributed by atoms with E-state index in [4.69, 9.17) is 10.1 Å². The van der Waals surface area contributed by atoms with Gasteiger partial charge in [-0.25, -0.2) is 15.0 Å². The standard InChI is InChI=1S/C22H25N5O2S/c1-15-9-10-23-20(12-15)26-19-6-2-5-17(25-19)18-13-24-22(30-18)27-11-3-4-16(14-27)7-8-21(28)29/h2,5-6,9-10,12-13,16H,3-4,7-8,11,14H2,1H3,(H,28,29)(H,23,25,26). The van der Waals surface area contributed by atoms with Crippen LogP contribution in [0.4, 0.5) is 16.8 Å². The molecule has 1 unspecified atom stereocenters. The number of pyridine rings is 2. The van der Waals surface area contributed by atoms with Gasteiger partial charge < -0.3 is 15.3 Å². The summed E-state index contributed by atoms with van der Waals surface area (Å²) in [7, 11) is 0. The Morgan fingerprint density at radius 2 is 2.20 bits per heavy atom. The van der Waals surface area contributed by atoms with Crippen LogP contribution in [-0.2, 0) is 4.79 Å². The summed E-state index contributed by atoms with van der Waals surface area (Å²) >= 11 is 1.63. The van der Waals surface area contributed by atoms with Gasteiger partial charge in [-0.15, -0.1) is 0 Å². The summed E-state index contributed by atoms with van der Waals surface area (Å²) in [5.41, 5.74) is 2.01. The molecule has 30 heavy (non-hydrogen) atoms. The second-order valence-corrected chi connectivity index (χ2v) is 8.65. The van der Waals surface area contributed by atoms with E-state index in [2.05, 4.69) is 20.2 Å². The number of nitrogens with zero attached hydrogens (tertiary/aromatic N) is 4. The molecule has 0 saturated carbocycles. The molecule has 0 aromatic carbocycles. The van der Waals surface area contributed by atoms with E-state index in [9.17, 15) is 4.79 Å². The van der Waals surface area contributed by atoms with Gasteiger partial charge in [-0.1, -0.05) is 17.4 Å². The number of rotatable bonds is 7. The number of anilines is 3. The molecule has 156 valence electrons. The lowest BCUT2D eigenvalue weighted by Gasteiger charge is -2.32. The largest absolute Gasteiger partial charge is 0.481 e. The quantitative estimate of drug-likeness (QED) is 0.567. The molecule has 1 aliphatic rings. The molecule has 3 aromatic heterocycles. The van der Waals surface area contributed by atoms with Crippen LogP contribution in [0.25, 0.3) is 10.6 Å². The first-order valence-electron chi connectivity index (χ1n) is 10.2. The summed E-state index contributed by atoms with van der Waals surface area (Å²) in [5, 5.41) is 13.2. The predicted octanol–water partition coefficient (Wildman–Crippen LogP) is 4.73. The maximum Gasteiger partial charge on any atom is 0.303 e. The number of nitrogens with one attached hydrogen (secondary N) is 1. The maximum absolute atomic E-state index is 10.9. The maximum atomic E-state index is 10.9. The Kier molecular flexibility index (Phi) is 6.23. The Hall–Kier alpha value is -3.00. The Morgan fingerprint density at radius 1 is 1.30 bits per heavy atom. The molecule has 0 bridgehead atoms. The van der Waals surface area contributed by atoms with E-state index in [0.29, 0.717) is 5.92 Å². The molecule has 0 spiro atoms. The minimum Gasteiger partial charge on any atom is -0.481 e. The number of carbonyl (C=O) groups is 1. The van der Waals surface area contributed by atoms with Crippen molar-refractivity contribution in [2.45, 2.75) is 32.6 Å². The number of thiazole rings is 1. The molecular formula is C22H25N5O2S. The highest BCUT2D eigenvalue weighted by molar-refractivity contribution is 7.18. The lowest BCUT2D eigenvalue weighted by atomic mass is 9.94. The average molecular weight is 424 g/mol. The number of hydrogen-bond donors (Lipinski definition) is 2. The van der Waals surface area contributed by atoms with Crippen molar-refractivity contribution in [3.05, 3.63) is 48.3 Å². The van der Waals surface area contributed by atoms with Crippen LogP contribution in [0.2, 0.25) is 0 Å². The molecule has 4 heterocycles. The molecule has 7 nitrogen and oxygen atoms in total. The van der Waals surface area contributed by atoms with Gasteiger partial charge in [0.15, 0.2) is 5.13 Å². The highest BCUT2D eigenvalue weighted by atomic mass is 32.1. The molecule has 4 rings (SSSR count). The molecule has 0 amide bonds. The highest BCUT2D eigenvalue weighted by Gasteiger charge is 2.23. The van der Waals surface area contributed by atoms with E-state index < -0.39 is 5.97 Å². The van der Waals surface area contributed by atoms with Crippen molar-refractivity contribution in [2.24, 2.45) is 5.92 Å². The van der Waals surface area contributed by atoms with Gasteiger partial charge in [0.2, 0.25) is 0 Å². The molecule has 1 atom stereocenters. The zero-order valence-corrected chi connectivity index (χ0v) is 17.7. The van der Waals surface area contributed by atoms with Gasteiger partial charge >= 0.3 is 5.97 Å². The first kappa shape index (κ1) is 20.3. The van der Waals surface area contributed by atoms with Crippen molar-refractivity contribution in [1.29, 1.82) is 0 Å². The van der Waals surface area contributed by atoms with Crippen molar-refractivity contribution >= 4 is 34.1 Å². The third kappa shape index (κ3) is 5.13. The van der Waals surface area contributed by atoms with Crippen molar-refractivity contribution in [2.75, 3.05) is 23.3 Å². The lowest BCUT2D eigenvalue weighted by molar-refractivity contribution is -0.137. The number of aromatic nitrogens is 3. The number of hydrogen-bond acceptors (Lipinski definition) is 7. The number of piperidine rings is 1. The average Bonchev–Trinajstić information content (AvgIpc) is 3.23. The Bertz CT molecular complexity index is 1020. The minimum atomic E-state index is -0.718. The zero-order chi connectivity index (χ0) is 20.9. The number of aryl methyl sites for hydroxylation is 1. The fourth-order valence-electron chi connectivity index (χ4n) is 3.71. The van der Waals surface area contributed by atoms with Crippen LogP contribution >= 0.6 is 11.3 Å². The lowest BCUT2D eigenvalue weighted by Crippen LogP contribution is -2.35. The van der Waals surface area contributed by atoms with E-state index in [1.165, 1.54) is 0 Å². The first-order chi connectivity index (χ1) is 14.6. The second kappa shape index (κ2) is 9.21. The van der Waals surface area contributed by atoms with Crippen LogP contribution in [0, 0.1) is 12.8 Å². The van der Waals surface area contributed by atoms with Crippen molar-refractivity contribution < 1.29 is 9.90 Å². The van der Waals surface area contributed by atoms with Crippen molar-refractivity contribution in [3.63, 3.8) is 0 Å². The number of aliphatic carboxylic acids is 1. The summed E-state index contributed by atoms with van der Waals surface area (Å²) in [6.07, 6.45) is 6.77. The van der Waals surface area contributed by atoms with Crippen LogP contribution in [-0.4, -0.2) is 39.1 Å². The van der Waals surface area contributed by atoms with E-state index in [-0.39, 0.29) is 6.42 Å². The summed E-state index contributed by atoms with van der Waals surface area (Å²) in [6, 6.07) is 9.82. The fourth-order valence-corrected chi connectivity index (χ4v) is 4.63. The summed E-state index contributed by atoms with van der Waals surface area (Å²) in [5.74, 6) is 1.20. The molecule has 2 N–H and O–H groups in total. The summed E-state index contributed by atoms with van der Waals surface area (Å²) in [6.45, 7) is 3.86. The second-order valence-electron chi connectivity index (χ2n) is 7.65. The van der Waals surface area contributed by atoms with Gasteiger partial charge in [0, 0.05) is 31.9 Å². The third-order valence-electron chi connectivity index (χ3n) is 5.22. The van der Waals surface area contributed by atoms with Gasteiger partial charge in [0.1, 0.15) is 11.6 Å². The van der Waals surface area contributed by atoms with Gasteiger partial charge in [-0.05, 0) is 61.9 Å². The number of carboxylic acids is 1. The molecule has 8 heteroatoms. The van der Waals surface area contributed by atoms with Crippen molar-refractivity contribution in [3.8, 4) is 10.6 Å². The molecule has 3 aromatic rings. The van der Waals surface area contributed by atoms with Crippen molar-refractivity contribution in [1.82, 2.24) is 15.0 Å². The van der Waals surface area contributed by atoms with Crippen LogP contribution in [0.3, 0.4) is 0 Å².